The first kappa shape index (κ1) is 13.0. The average Bonchev–Trinajstić information content (AvgIpc) is 2.32. The third-order valence-corrected chi connectivity index (χ3v) is 3.20. The Bertz CT molecular complexity index is 528. The number of aromatic nitrogens is 2. The van der Waals surface area contributed by atoms with Crippen molar-refractivity contribution < 1.29 is 4.39 Å². The second kappa shape index (κ2) is 5.93. The van der Waals surface area contributed by atoms with Gasteiger partial charge in [0.15, 0.2) is 5.16 Å². The molecule has 0 saturated carbocycles. The third-order valence-electron chi connectivity index (χ3n) is 2.33. The van der Waals surface area contributed by atoms with E-state index >= 15 is 0 Å². The molecule has 0 bridgehead atoms. The molecule has 1 aromatic heterocycles. The first-order chi connectivity index (χ1) is 8.67. The van der Waals surface area contributed by atoms with Crippen LogP contribution in [0.5, 0.6) is 0 Å². The molecule has 0 radical (unpaired) electrons. The minimum absolute atomic E-state index is 0.254. The standard InChI is InChI=1S/C13H14FN3S/c1-9-7-16-13(17-8-9)18-12-5-10(2-3-15)4-11(14)6-12/h4-8H,2-3,15H2,1H3. The van der Waals surface area contributed by atoms with Crippen molar-refractivity contribution in [1.82, 2.24) is 9.97 Å². The van der Waals surface area contributed by atoms with E-state index in [1.54, 1.807) is 12.4 Å². The molecule has 0 saturated heterocycles. The fourth-order valence-electron chi connectivity index (χ4n) is 1.53. The lowest BCUT2D eigenvalue weighted by atomic mass is 10.1. The molecule has 0 fully saturated rings. The van der Waals surface area contributed by atoms with E-state index in [4.69, 9.17) is 5.73 Å². The van der Waals surface area contributed by atoms with Crippen LogP contribution in [-0.4, -0.2) is 16.5 Å². The van der Waals surface area contributed by atoms with E-state index in [0.29, 0.717) is 18.1 Å². The molecule has 5 heteroatoms. The summed E-state index contributed by atoms with van der Waals surface area (Å²) in [6.45, 7) is 2.44. The van der Waals surface area contributed by atoms with Gasteiger partial charge in [-0.05, 0) is 61.0 Å². The summed E-state index contributed by atoms with van der Waals surface area (Å²) in [6.07, 6.45) is 4.16. The molecule has 1 aromatic carbocycles. The molecule has 3 nitrogen and oxygen atoms in total. The molecule has 0 spiro atoms. The first-order valence-corrected chi connectivity index (χ1v) is 6.45. The summed E-state index contributed by atoms with van der Waals surface area (Å²) >= 11 is 1.35. The summed E-state index contributed by atoms with van der Waals surface area (Å²) in [4.78, 5) is 9.16. The predicted octanol–water partition coefficient (Wildman–Crippen LogP) is 2.58. The third kappa shape index (κ3) is 3.51. The maximum absolute atomic E-state index is 13.4. The van der Waals surface area contributed by atoms with Gasteiger partial charge in [0.25, 0.3) is 0 Å². The monoisotopic (exact) mass is 263 g/mol. The van der Waals surface area contributed by atoms with Crippen molar-refractivity contribution >= 4 is 11.8 Å². The Kier molecular flexibility index (Phi) is 4.28. The number of nitrogens with zero attached hydrogens (tertiary/aromatic N) is 2. The van der Waals surface area contributed by atoms with Crippen molar-refractivity contribution in [1.29, 1.82) is 0 Å². The smallest absolute Gasteiger partial charge is 0.192 e. The summed E-state index contributed by atoms with van der Waals surface area (Å²) in [5, 5.41) is 0.616. The van der Waals surface area contributed by atoms with Crippen LogP contribution in [0, 0.1) is 12.7 Å². The summed E-state index contributed by atoms with van der Waals surface area (Å²) < 4.78 is 13.4. The zero-order valence-electron chi connectivity index (χ0n) is 10.1. The Morgan fingerprint density at radius 1 is 1.22 bits per heavy atom. The molecule has 0 amide bonds. The number of rotatable bonds is 4. The normalized spacial score (nSPS) is 10.6. The van der Waals surface area contributed by atoms with Crippen LogP contribution in [0.3, 0.4) is 0 Å². The topological polar surface area (TPSA) is 51.8 Å². The van der Waals surface area contributed by atoms with Crippen LogP contribution in [-0.2, 0) is 6.42 Å². The quantitative estimate of drug-likeness (QED) is 0.861. The Morgan fingerprint density at radius 3 is 2.61 bits per heavy atom. The SMILES string of the molecule is Cc1cnc(Sc2cc(F)cc(CCN)c2)nc1. The van der Waals surface area contributed by atoms with E-state index in [1.165, 1.54) is 23.9 Å². The van der Waals surface area contributed by atoms with Crippen molar-refractivity contribution in [2.45, 2.75) is 23.4 Å². The average molecular weight is 263 g/mol. The number of benzene rings is 1. The maximum atomic E-state index is 13.4. The first-order valence-electron chi connectivity index (χ1n) is 5.63. The van der Waals surface area contributed by atoms with E-state index in [9.17, 15) is 4.39 Å². The van der Waals surface area contributed by atoms with E-state index in [0.717, 1.165) is 16.0 Å². The number of halogens is 1. The maximum Gasteiger partial charge on any atom is 0.192 e. The second-order valence-corrected chi connectivity index (χ2v) is 5.02. The van der Waals surface area contributed by atoms with Crippen molar-refractivity contribution in [3.63, 3.8) is 0 Å². The minimum atomic E-state index is -0.254. The van der Waals surface area contributed by atoms with Crippen LogP contribution in [0.15, 0.2) is 40.6 Å². The van der Waals surface area contributed by atoms with Gasteiger partial charge < -0.3 is 5.73 Å². The molecule has 0 aliphatic heterocycles. The lowest BCUT2D eigenvalue weighted by Crippen LogP contribution is -2.03. The summed E-state index contributed by atoms with van der Waals surface area (Å²) in [6, 6.07) is 4.91. The number of nitrogens with two attached hydrogens (primary N) is 1. The number of hydrogen-bond acceptors (Lipinski definition) is 4. The lowest BCUT2D eigenvalue weighted by Gasteiger charge is -2.04. The van der Waals surface area contributed by atoms with Gasteiger partial charge in [0.1, 0.15) is 5.82 Å². The molecule has 1 heterocycles. The van der Waals surface area contributed by atoms with Crippen LogP contribution in [0.25, 0.3) is 0 Å². The summed E-state index contributed by atoms with van der Waals surface area (Å²) in [5.74, 6) is -0.254. The van der Waals surface area contributed by atoms with Gasteiger partial charge in [0.2, 0.25) is 0 Å². The molecule has 2 N–H and O–H groups in total. The molecular weight excluding hydrogens is 249 g/mol. The van der Waals surface area contributed by atoms with Gasteiger partial charge in [-0.1, -0.05) is 0 Å². The Morgan fingerprint density at radius 2 is 1.94 bits per heavy atom. The Balaban J connectivity index is 2.20. The zero-order chi connectivity index (χ0) is 13.0. The highest BCUT2D eigenvalue weighted by atomic mass is 32.2. The zero-order valence-corrected chi connectivity index (χ0v) is 10.9. The molecular formula is C13H14FN3S. The van der Waals surface area contributed by atoms with Gasteiger partial charge in [-0.2, -0.15) is 0 Å². The molecule has 18 heavy (non-hydrogen) atoms. The van der Waals surface area contributed by atoms with E-state index in [2.05, 4.69) is 9.97 Å². The number of aryl methyl sites for hydroxylation is 1. The molecule has 2 aromatic rings. The largest absolute Gasteiger partial charge is 0.330 e. The van der Waals surface area contributed by atoms with E-state index in [-0.39, 0.29) is 5.82 Å². The van der Waals surface area contributed by atoms with E-state index in [1.807, 2.05) is 13.0 Å². The molecule has 94 valence electrons. The second-order valence-electron chi connectivity index (χ2n) is 3.98. The van der Waals surface area contributed by atoms with Crippen LogP contribution in [0.2, 0.25) is 0 Å². The summed E-state index contributed by atoms with van der Waals surface area (Å²) in [7, 11) is 0. The van der Waals surface area contributed by atoms with Crippen LogP contribution in [0.1, 0.15) is 11.1 Å². The molecule has 0 aliphatic rings. The van der Waals surface area contributed by atoms with Crippen molar-refractivity contribution in [3.8, 4) is 0 Å². The summed E-state index contributed by atoms with van der Waals surface area (Å²) in [5.41, 5.74) is 7.37. The van der Waals surface area contributed by atoms with Gasteiger partial charge in [0, 0.05) is 17.3 Å². The van der Waals surface area contributed by atoms with Crippen LogP contribution >= 0.6 is 11.8 Å². The van der Waals surface area contributed by atoms with Crippen LogP contribution in [0.4, 0.5) is 4.39 Å². The highest BCUT2D eigenvalue weighted by molar-refractivity contribution is 7.99. The Labute approximate surface area is 110 Å². The van der Waals surface area contributed by atoms with Crippen molar-refractivity contribution in [2.24, 2.45) is 5.73 Å². The van der Waals surface area contributed by atoms with Gasteiger partial charge in [-0.25, -0.2) is 14.4 Å². The molecule has 2 rings (SSSR count). The van der Waals surface area contributed by atoms with Gasteiger partial charge in [0.05, 0.1) is 0 Å². The molecule has 0 unspecified atom stereocenters. The van der Waals surface area contributed by atoms with Crippen LogP contribution < -0.4 is 5.73 Å². The Hall–Kier alpha value is -1.46. The number of hydrogen-bond donors (Lipinski definition) is 1. The van der Waals surface area contributed by atoms with E-state index < -0.39 is 0 Å². The highest BCUT2D eigenvalue weighted by Gasteiger charge is 2.04. The fraction of sp³-hybridized carbons (Fsp3) is 0.231. The lowest BCUT2D eigenvalue weighted by molar-refractivity contribution is 0.621. The van der Waals surface area contributed by atoms with Crippen molar-refractivity contribution in [2.75, 3.05) is 6.54 Å². The molecule has 0 aliphatic carbocycles. The van der Waals surface area contributed by atoms with Crippen molar-refractivity contribution in [3.05, 3.63) is 47.5 Å². The minimum Gasteiger partial charge on any atom is -0.330 e. The van der Waals surface area contributed by atoms with Gasteiger partial charge in [-0.15, -0.1) is 0 Å². The predicted molar refractivity (Wildman–Crippen MR) is 70.1 cm³/mol. The van der Waals surface area contributed by atoms with Gasteiger partial charge >= 0.3 is 0 Å². The molecule has 0 atom stereocenters. The fourth-order valence-corrected chi connectivity index (χ4v) is 2.33. The highest BCUT2D eigenvalue weighted by Crippen LogP contribution is 2.26. The van der Waals surface area contributed by atoms with Gasteiger partial charge in [-0.3, -0.25) is 0 Å².